The van der Waals surface area contributed by atoms with E-state index in [1.165, 1.54) is 51.1 Å². The van der Waals surface area contributed by atoms with E-state index < -0.39 is 0 Å². The van der Waals surface area contributed by atoms with Crippen LogP contribution in [0.2, 0.25) is 0 Å². The van der Waals surface area contributed by atoms with Crippen molar-refractivity contribution in [2.24, 2.45) is 0 Å². The van der Waals surface area contributed by atoms with Gasteiger partial charge in [0.1, 0.15) is 19.2 Å². The Bertz CT molecular complexity index is 1300. The summed E-state index contributed by atoms with van der Waals surface area (Å²) in [5.41, 5.74) is 0.722. The summed E-state index contributed by atoms with van der Waals surface area (Å²) in [4.78, 5) is 44.6. The fourth-order valence-electron chi connectivity index (χ4n) is 2.87. The Kier molecular flexibility index (Phi) is 5.74. The molecule has 0 unspecified atom stereocenters. The fourth-order valence-corrected chi connectivity index (χ4v) is 2.87. The zero-order valence-electron chi connectivity index (χ0n) is 16.3. The van der Waals surface area contributed by atoms with Gasteiger partial charge in [-0.05, 0) is 6.07 Å². The van der Waals surface area contributed by atoms with Crippen molar-refractivity contribution in [2.45, 2.75) is 13.1 Å². The van der Waals surface area contributed by atoms with Crippen LogP contribution in [0, 0.1) is 0 Å². The highest BCUT2D eigenvalue weighted by molar-refractivity contribution is 5.75. The molecule has 0 saturated heterocycles. The van der Waals surface area contributed by atoms with Gasteiger partial charge in [-0.15, -0.1) is 5.10 Å². The molecule has 156 valence electrons. The molecule has 0 radical (unpaired) electrons. The largest absolute Gasteiger partial charge is 0.353 e. The van der Waals surface area contributed by atoms with Crippen molar-refractivity contribution < 1.29 is 4.79 Å². The van der Waals surface area contributed by atoms with E-state index >= 15 is 0 Å². The predicted octanol–water partition coefficient (Wildman–Crippen LogP) is -0.136. The van der Waals surface area contributed by atoms with Crippen LogP contribution in [-0.4, -0.2) is 46.5 Å². The Morgan fingerprint density at radius 2 is 1.84 bits per heavy atom. The highest BCUT2D eigenvalue weighted by atomic mass is 16.2. The van der Waals surface area contributed by atoms with Crippen molar-refractivity contribution in [1.29, 1.82) is 0 Å². The molecule has 1 amide bonds. The lowest BCUT2D eigenvalue weighted by Crippen LogP contribution is -2.36. The monoisotopic (exact) mass is 418 g/mol. The smallest absolute Gasteiger partial charge is 0.266 e. The number of hydrogen-bond acceptors (Lipinski definition) is 7. The molecule has 0 bridgehead atoms. The molecule has 3 aromatic heterocycles. The van der Waals surface area contributed by atoms with Gasteiger partial charge in [-0.1, -0.05) is 30.3 Å². The van der Waals surface area contributed by atoms with Gasteiger partial charge in [-0.2, -0.15) is 5.10 Å². The number of nitrogens with one attached hydrogen (secondary N) is 1. The maximum atomic E-state index is 12.3. The van der Waals surface area contributed by atoms with E-state index in [2.05, 4.69) is 25.5 Å². The van der Waals surface area contributed by atoms with E-state index in [1.54, 1.807) is 0 Å². The van der Waals surface area contributed by atoms with Gasteiger partial charge in [0.25, 0.3) is 11.1 Å². The van der Waals surface area contributed by atoms with Crippen molar-refractivity contribution in [3.8, 4) is 17.1 Å². The van der Waals surface area contributed by atoms with Crippen molar-refractivity contribution in [3.05, 3.63) is 88.2 Å². The summed E-state index contributed by atoms with van der Waals surface area (Å²) in [6.45, 7) is 0.145. The van der Waals surface area contributed by atoms with Crippen LogP contribution >= 0.6 is 0 Å². The minimum atomic E-state index is -0.378. The first-order valence-electron chi connectivity index (χ1n) is 9.42. The molecule has 4 aromatic rings. The Morgan fingerprint density at radius 1 is 1.00 bits per heavy atom. The van der Waals surface area contributed by atoms with Gasteiger partial charge >= 0.3 is 0 Å². The van der Waals surface area contributed by atoms with Crippen LogP contribution in [0.4, 0.5) is 0 Å². The molecule has 1 aromatic carbocycles. The third-order valence-corrected chi connectivity index (χ3v) is 4.41. The van der Waals surface area contributed by atoms with Crippen LogP contribution in [0.5, 0.6) is 0 Å². The van der Waals surface area contributed by atoms with Gasteiger partial charge in [0, 0.05) is 24.2 Å². The molecule has 4 rings (SSSR count). The maximum Gasteiger partial charge on any atom is 0.266 e. The summed E-state index contributed by atoms with van der Waals surface area (Å²) in [5, 5.41) is 10.8. The van der Waals surface area contributed by atoms with Gasteiger partial charge in [0.2, 0.25) is 5.91 Å². The SMILES string of the molecule is O=C(Cn1cnc(-c2ccccc2)cc1=O)NCCn1nc(-n2cncn2)ccc1=O. The molecule has 31 heavy (non-hydrogen) atoms. The molecule has 11 nitrogen and oxygen atoms in total. The summed E-state index contributed by atoms with van der Waals surface area (Å²) >= 11 is 0. The van der Waals surface area contributed by atoms with E-state index in [1.807, 2.05) is 30.3 Å². The zero-order valence-corrected chi connectivity index (χ0v) is 16.3. The van der Waals surface area contributed by atoms with E-state index in [9.17, 15) is 14.4 Å². The molecule has 1 N–H and O–H groups in total. The van der Waals surface area contributed by atoms with Crippen LogP contribution in [0.1, 0.15) is 0 Å². The second kappa shape index (κ2) is 8.95. The Balaban J connectivity index is 1.35. The molecule has 0 atom stereocenters. The number of nitrogens with zero attached hydrogens (tertiary/aromatic N) is 7. The summed E-state index contributed by atoms with van der Waals surface area (Å²) < 4.78 is 3.87. The zero-order chi connectivity index (χ0) is 21.6. The van der Waals surface area contributed by atoms with Crippen LogP contribution in [0.25, 0.3) is 17.1 Å². The standard InChI is InChI=1S/C20H18N8O3/c29-18(11-26-14-23-16(10-20(26)31)15-4-2-1-3-5-15)22-8-9-27-19(30)7-6-17(25-27)28-13-21-12-24-28/h1-7,10,12-14H,8-9,11H2,(H,22,29). The van der Waals surface area contributed by atoms with Gasteiger partial charge in [0.05, 0.1) is 18.6 Å². The van der Waals surface area contributed by atoms with Crippen LogP contribution in [-0.2, 0) is 17.9 Å². The quantitative estimate of drug-likeness (QED) is 0.442. The highest BCUT2D eigenvalue weighted by Gasteiger charge is 2.08. The summed E-state index contributed by atoms with van der Waals surface area (Å²) in [6.07, 6.45) is 4.17. The second-order valence-corrected chi connectivity index (χ2v) is 6.55. The molecular weight excluding hydrogens is 400 g/mol. The van der Waals surface area contributed by atoms with E-state index in [0.717, 1.165) is 5.56 Å². The first-order valence-corrected chi connectivity index (χ1v) is 9.42. The molecule has 0 spiro atoms. The molecule has 0 fully saturated rings. The van der Waals surface area contributed by atoms with Crippen molar-refractivity contribution >= 4 is 5.91 Å². The molecule has 0 aliphatic rings. The van der Waals surface area contributed by atoms with E-state index in [4.69, 9.17) is 0 Å². The number of aromatic nitrogens is 7. The number of benzene rings is 1. The van der Waals surface area contributed by atoms with Gasteiger partial charge in [-0.25, -0.2) is 19.3 Å². The molecule has 0 saturated carbocycles. The summed E-state index contributed by atoms with van der Waals surface area (Å²) in [7, 11) is 0. The molecule has 3 heterocycles. The number of carbonyl (C=O) groups excluding carboxylic acids is 1. The van der Waals surface area contributed by atoms with Gasteiger partial charge in [-0.3, -0.25) is 19.0 Å². The topological polar surface area (TPSA) is 130 Å². The normalized spacial score (nSPS) is 10.7. The van der Waals surface area contributed by atoms with Gasteiger partial charge < -0.3 is 5.32 Å². The molecule has 0 aliphatic heterocycles. The molecular formula is C20H18N8O3. The van der Waals surface area contributed by atoms with Crippen molar-refractivity contribution in [2.75, 3.05) is 6.54 Å². The Morgan fingerprint density at radius 3 is 2.58 bits per heavy atom. The lowest BCUT2D eigenvalue weighted by atomic mass is 10.1. The lowest BCUT2D eigenvalue weighted by molar-refractivity contribution is -0.121. The Labute approximate surface area is 175 Å². The van der Waals surface area contributed by atoms with E-state index in [0.29, 0.717) is 11.5 Å². The first-order chi connectivity index (χ1) is 15.1. The van der Waals surface area contributed by atoms with E-state index in [-0.39, 0.29) is 36.7 Å². The fraction of sp³-hybridized carbons (Fsp3) is 0.150. The first kappa shape index (κ1) is 19.9. The number of carbonyl (C=O) groups is 1. The number of hydrogen-bond donors (Lipinski definition) is 1. The summed E-state index contributed by atoms with van der Waals surface area (Å²) in [5.74, 6) is 0.0522. The minimum absolute atomic E-state index is 0.160. The highest BCUT2D eigenvalue weighted by Crippen LogP contribution is 2.13. The van der Waals surface area contributed by atoms with Crippen LogP contribution < -0.4 is 16.4 Å². The maximum absolute atomic E-state index is 12.3. The van der Waals surface area contributed by atoms with Crippen molar-refractivity contribution in [1.82, 2.24) is 39.4 Å². The lowest BCUT2D eigenvalue weighted by Gasteiger charge is -2.09. The average molecular weight is 418 g/mol. The van der Waals surface area contributed by atoms with Crippen molar-refractivity contribution in [3.63, 3.8) is 0 Å². The molecule has 0 aliphatic carbocycles. The van der Waals surface area contributed by atoms with Crippen LogP contribution in [0.15, 0.2) is 77.1 Å². The third kappa shape index (κ3) is 4.78. The predicted molar refractivity (Wildman–Crippen MR) is 110 cm³/mol. The van der Waals surface area contributed by atoms with Crippen LogP contribution in [0.3, 0.4) is 0 Å². The molecule has 11 heteroatoms. The Hall–Kier alpha value is -4.41. The summed E-state index contributed by atoms with van der Waals surface area (Å²) in [6, 6.07) is 13.6. The minimum Gasteiger partial charge on any atom is -0.353 e. The average Bonchev–Trinajstić information content (AvgIpc) is 3.32. The van der Waals surface area contributed by atoms with Gasteiger partial charge in [0.15, 0.2) is 5.82 Å². The number of amides is 1. The second-order valence-electron chi connectivity index (χ2n) is 6.55. The third-order valence-electron chi connectivity index (χ3n) is 4.41. The number of rotatable bonds is 7.